The van der Waals surface area contributed by atoms with Crippen molar-refractivity contribution in [3.63, 3.8) is 0 Å². The first kappa shape index (κ1) is 12.0. The van der Waals surface area contributed by atoms with Crippen molar-refractivity contribution in [1.29, 1.82) is 0 Å². The first-order valence-electron chi connectivity index (χ1n) is 6.17. The van der Waals surface area contributed by atoms with Crippen LogP contribution in [0.5, 0.6) is 0 Å². The van der Waals surface area contributed by atoms with Gasteiger partial charge in [-0.05, 0) is 19.3 Å². The van der Waals surface area contributed by atoms with Crippen molar-refractivity contribution in [2.75, 3.05) is 13.1 Å². The molecule has 0 bridgehead atoms. The third-order valence-corrected chi connectivity index (χ3v) is 2.83. The minimum Gasteiger partial charge on any atom is -0.334 e. The van der Waals surface area contributed by atoms with E-state index >= 15 is 0 Å². The average molecular weight is 237 g/mol. The zero-order chi connectivity index (χ0) is 12.3. The van der Waals surface area contributed by atoms with Gasteiger partial charge in [-0.3, -0.25) is 9.48 Å². The quantitative estimate of drug-likeness (QED) is 0.769. The predicted octanol–water partition coefficient (Wildman–Crippen LogP) is 0.251. The molecule has 0 aromatic carbocycles. The predicted molar refractivity (Wildman–Crippen MR) is 63.4 cm³/mol. The van der Waals surface area contributed by atoms with Gasteiger partial charge in [-0.25, -0.2) is 0 Å². The van der Waals surface area contributed by atoms with E-state index in [1.54, 1.807) is 10.9 Å². The first-order chi connectivity index (χ1) is 8.26. The lowest BCUT2D eigenvalue weighted by Gasteiger charge is -2.20. The van der Waals surface area contributed by atoms with Gasteiger partial charge in [0.05, 0.1) is 12.7 Å². The van der Waals surface area contributed by atoms with Crippen LogP contribution < -0.4 is 5.73 Å². The number of hydrogen-bond donors (Lipinski definition) is 1. The number of carbonyl (C=O) groups excluding carboxylic acids is 1. The number of amides is 1. The first-order valence-corrected chi connectivity index (χ1v) is 6.17. The summed E-state index contributed by atoms with van der Waals surface area (Å²) in [5, 5.41) is 7.80. The molecule has 1 amide bonds. The molecule has 0 unspecified atom stereocenters. The lowest BCUT2D eigenvalue weighted by Crippen LogP contribution is -2.34. The molecule has 1 aromatic rings. The highest BCUT2D eigenvalue weighted by molar-refractivity contribution is 5.92. The third kappa shape index (κ3) is 2.82. The molecule has 0 saturated heterocycles. The highest BCUT2D eigenvalue weighted by Crippen LogP contribution is 2.27. The van der Waals surface area contributed by atoms with Crippen molar-refractivity contribution in [3.8, 4) is 0 Å². The molecule has 0 spiro atoms. The Morgan fingerprint density at radius 2 is 2.41 bits per heavy atom. The Bertz CT molecular complexity index is 385. The fourth-order valence-electron chi connectivity index (χ4n) is 1.86. The van der Waals surface area contributed by atoms with Crippen LogP contribution in [0.1, 0.15) is 36.7 Å². The lowest BCUT2D eigenvalue weighted by atomic mass is 10.3. The van der Waals surface area contributed by atoms with Crippen molar-refractivity contribution < 1.29 is 4.79 Å². The molecule has 1 aromatic heterocycles. The maximum absolute atomic E-state index is 12.2. The highest BCUT2D eigenvalue weighted by Gasteiger charge is 2.33. The SMILES string of the molecule is CCCN(C(=O)c1cn(CCN)nn1)C1CC1. The topological polar surface area (TPSA) is 77.0 Å². The Kier molecular flexibility index (Phi) is 3.73. The molecule has 2 N–H and O–H groups in total. The highest BCUT2D eigenvalue weighted by atomic mass is 16.2. The van der Waals surface area contributed by atoms with Gasteiger partial charge in [-0.15, -0.1) is 5.10 Å². The van der Waals surface area contributed by atoms with E-state index in [0.717, 1.165) is 25.8 Å². The van der Waals surface area contributed by atoms with Crippen LogP contribution in [0, 0.1) is 0 Å². The maximum Gasteiger partial charge on any atom is 0.276 e. The van der Waals surface area contributed by atoms with Crippen molar-refractivity contribution in [3.05, 3.63) is 11.9 Å². The van der Waals surface area contributed by atoms with E-state index in [9.17, 15) is 4.79 Å². The Balaban J connectivity index is 2.05. The van der Waals surface area contributed by atoms with Crippen molar-refractivity contribution in [2.45, 2.75) is 38.8 Å². The standard InChI is InChI=1S/C11H19N5O/c1-2-6-16(9-3-4-9)11(17)10-8-15(7-5-12)14-13-10/h8-9H,2-7,12H2,1H3. The van der Waals surface area contributed by atoms with Gasteiger partial charge in [0.2, 0.25) is 0 Å². The van der Waals surface area contributed by atoms with Gasteiger partial charge in [-0.1, -0.05) is 12.1 Å². The molecule has 1 heterocycles. The Labute approximate surface area is 101 Å². The minimum absolute atomic E-state index is 0.00220. The zero-order valence-corrected chi connectivity index (χ0v) is 10.2. The van der Waals surface area contributed by atoms with Gasteiger partial charge in [0.25, 0.3) is 5.91 Å². The smallest absolute Gasteiger partial charge is 0.276 e. The molecule has 0 atom stereocenters. The Morgan fingerprint density at radius 1 is 1.65 bits per heavy atom. The molecule has 0 aliphatic heterocycles. The van der Waals surface area contributed by atoms with Crippen LogP contribution in [0.15, 0.2) is 6.20 Å². The van der Waals surface area contributed by atoms with Gasteiger partial charge in [0.15, 0.2) is 5.69 Å². The van der Waals surface area contributed by atoms with E-state index < -0.39 is 0 Å². The van der Waals surface area contributed by atoms with E-state index in [0.29, 0.717) is 24.8 Å². The molecule has 1 saturated carbocycles. The van der Waals surface area contributed by atoms with Gasteiger partial charge in [-0.2, -0.15) is 0 Å². The normalized spacial score (nSPS) is 14.9. The average Bonchev–Trinajstić information content (AvgIpc) is 3.06. The maximum atomic E-state index is 12.2. The second-order valence-electron chi connectivity index (χ2n) is 4.39. The number of nitrogens with zero attached hydrogens (tertiary/aromatic N) is 4. The van der Waals surface area contributed by atoms with Gasteiger partial charge in [0, 0.05) is 19.1 Å². The van der Waals surface area contributed by atoms with Crippen LogP contribution in [-0.4, -0.2) is 44.9 Å². The number of rotatable bonds is 6. The molecule has 1 aliphatic carbocycles. The monoisotopic (exact) mass is 237 g/mol. The van der Waals surface area contributed by atoms with E-state index in [4.69, 9.17) is 5.73 Å². The van der Waals surface area contributed by atoms with Gasteiger partial charge < -0.3 is 10.6 Å². The van der Waals surface area contributed by atoms with Crippen molar-refractivity contribution in [2.24, 2.45) is 5.73 Å². The second kappa shape index (κ2) is 5.27. The van der Waals surface area contributed by atoms with E-state index in [1.165, 1.54) is 0 Å². The number of carbonyl (C=O) groups is 1. The zero-order valence-electron chi connectivity index (χ0n) is 10.2. The summed E-state index contributed by atoms with van der Waals surface area (Å²) < 4.78 is 1.62. The van der Waals surface area contributed by atoms with Crippen LogP contribution in [0.3, 0.4) is 0 Å². The fraction of sp³-hybridized carbons (Fsp3) is 0.727. The van der Waals surface area contributed by atoms with Crippen molar-refractivity contribution >= 4 is 5.91 Å². The molecule has 1 aliphatic rings. The van der Waals surface area contributed by atoms with Crippen molar-refractivity contribution in [1.82, 2.24) is 19.9 Å². The molecule has 6 heteroatoms. The lowest BCUT2D eigenvalue weighted by molar-refractivity contribution is 0.0737. The molecule has 6 nitrogen and oxygen atoms in total. The second-order valence-corrected chi connectivity index (χ2v) is 4.39. The molecular weight excluding hydrogens is 218 g/mol. The number of nitrogens with two attached hydrogens (primary N) is 1. The molecule has 2 rings (SSSR count). The van der Waals surface area contributed by atoms with E-state index in [1.807, 2.05) is 4.90 Å². The largest absolute Gasteiger partial charge is 0.334 e. The summed E-state index contributed by atoms with van der Waals surface area (Å²) in [6.07, 6.45) is 4.88. The summed E-state index contributed by atoms with van der Waals surface area (Å²) >= 11 is 0. The van der Waals surface area contributed by atoms with Crippen LogP contribution in [0.4, 0.5) is 0 Å². The van der Waals surface area contributed by atoms with Crippen LogP contribution in [0.2, 0.25) is 0 Å². The van der Waals surface area contributed by atoms with Gasteiger partial charge in [0.1, 0.15) is 0 Å². The molecular formula is C11H19N5O. The number of aromatic nitrogens is 3. The number of hydrogen-bond acceptors (Lipinski definition) is 4. The summed E-state index contributed by atoms with van der Waals surface area (Å²) in [4.78, 5) is 14.1. The van der Waals surface area contributed by atoms with Crippen LogP contribution >= 0.6 is 0 Å². The molecule has 94 valence electrons. The van der Waals surface area contributed by atoms with E-state index in [2.05, 4.69) is 17.2 Å². The fourth-order valence-corrected chi connectivity index (χ4v) is 1.86. The summed E-state index contributed by atoms with van der Waals surface area (Å²) in [5.41, 5.74) is 5.86. The summed E-state index contributed by atoms with van der Waals surface area (Å²) in [5.74, 6) is -0.00220. The molecule has 1 fully saturated rings. The van der Waals surface area contributed by atoms with Crippen LogP contribution in [0.25, 0.3) is 0 Å². The third-order valence-electron chi connectivity index (χ3n) is 2.83. The van der Waals surface area contributed by atoms with Gasteiger partial charge >= 0.3 is 0 Å². The van der Waals surface area contributed by atoms with Crippen LogP contribution in [-0.2, 0) is 6.54 Å². The molecule has 17 heavy (non-hydrogen) atoms. The van der Waals surface area contributed by atoms with E-state index in [-0.39, 0.29) is 5.91 Å². The Morgan fingerprint density at radius 3 is 3.00 bits per heavy atom. The summed E-state index contributed by atoms with van der Waals surface area (Å²) in [6, 6.07) is 0.419. The summed E-state index contributed by atoms with van der Waals surface area (Å²) in [7, 11) is 0. The molecule has 0 radical (unpaired) electrons. The minimum atomic E-state index is -0.00220. The summed E-state index contributed by atoms with van der Waals surface area (Å²) in [6.45, 7) is 3.97. The Hall–Kier alpha value is -1.43.